The molecule has 0 heterocycles. The van der Waals surface area contributed by atoms with Crippen molar-refractivity contribution in [2.24, 2.45) is 0 Å². The summed E-state index contributed by atoms with van der Waals surface area (Å²) in [7, 11) is 0. The van der Waals surface area contributed by atoms with E-state index in [-0.39, 0.29) is 24.9 Å². The third kappa shape index (κ3) is 6.22. The molecule has 0 bridgehead atoms. The molecule has 0 unspecified atom stereocenters. The molecule has 7 heteroatoms. The quantitative estimate of drug-likeness (QED) is 0.705. The van der Waals surface area contributed by atoms with E-state index in [2.05, 4.69) is 5.32 Å². The number of ether oxygens (including phenoxy) is 2. The summed E-state index contributed by atoms with van der Waals surface area (Å²) in [5.41, 5.74) is -1.15. The van der Waals surface area contributed by atoms with Gasteiger partial charge in [-0.05, 0) is 38.1 Å². The van der Waals surface area contributed by atoms with E-state index in [1.165, 1.54) is 24.3 Å². The normalized spacial score (nSPS) is 11.0. The molecular formula is C14H18FNO5. The predicted molar refractivity (Wildman–Crippen MR) is 72.6 cm³/mol. The first-order chi connectivity index (χ1) is 9.81. The minimum Gasteiger partial charge on any atom is -0.480 e. The Morgan fingerprint density at radius 3 is 2.48 bits per heavy atom. The van der Waals surface area contributed by atoms with Crippen molar-refractivity contribution in [2.45, 2.75) is 19.4 Å². The Bertz CT molecular complexity index is 487. The molecule has 0 aromatic heterocycles. The number of benzene rings is 1. The fourth-order valence-electron chi connectivity index (χ4n) is 1.45. The predicted octanol–water partition coefficient (Wildman–Crippen LogP) is 1.20. The van der Waals surface area contributed by atoms with Crippen LogP contribution in [0.2, 0.25) is 0 Å². The van der Waals surface area contributed by atoms with Gasteiger partial charge < -0.3 is 19.9 Å². The van der Waals surface area contributed by atoms with Crippen molar-refractivity contribution in [3.05, 3.63) is 30.1 Å². The number of hydrogen-bond acceptors (Lipinski definition) is 4. The molecule has 1 rings (SSSR count). The summed E-state index contributed by atoms with van der Waals surface area (Å²) >= 11 is 0. The molecule has 2 N–H and O–H groups in total. The number of aliphatic carboxylic acids is 1. The summed E-state index contributed by atoms with van der Waals surface area (Å²) in [6, 6.07) is 5.34. The molecule has 21 heavy (non-hydrogen) atoms. The Balaban J connectivity index is 2.40. The SMILES string of the molecule is CC(C)(Oc1ccc(F)cc1)C(=O)NCCOCC(=O)O. The van der Waals surface area contributed by atoms with Crippen LogP contribution in [0.15, 0.2) is 24.3 Å². The monoisotopic (exact) mass is 299 g/mol. The van der Waals surface area contributed by atoms with Gasteiger partial charge in [-0.25, -0.2) is 9.18 Å². The standard InChI is InChI=1S/C14H18FNO5/c1-14(2,21-11-5-3-10(15)4-6-11)13(19)16-7-8-20-9-12(17)18/h3-6H,7-9H2,1-2H3,(H,16,19)(H,17,18). The summed E-state index contributed by atoms with van der Waals surface area (Å²) in [5.74, 6) is -1.47. The zero-order valence-corrected chi connectivity index (χ0v) is 11.9. The van der Waals surface area contributed by atoms with Gasteiger partial charge in [-0.2, -0.15) is 0 Å². The van der Waals surface area contributed by atoms with Gasteiger partial charge in [0.25, 0.3) is 5.91 Å². The minimum atomic E-state index is -1.15. The van der Waals surface area contributed by atoms with E-state index < -0.39 is 18.2 Å². The highest BCUT2D eigenvalue weighted by atomic mass is 19.1. The summed E-state index contributed by atoms with van der Waals surface area (Å²) in [6.07, 6.45) is 0. The summed E-state index contributed by atoms with van der Waals surface area (Å²) in [4.78, 5) is 22.2. The maximum Gasteiger partial charge on any atom is 0.329 e. The van der Waals surface area contributed by atoms with Gasteiger partial charge in [0, 0.05) is 6.54 Å². The van der Waals surface area contributed by atoms with Crippen molar-refractivity contribution in [1.29, 1.82) is 0 Å². The van der Waals surface area contributed by atoms with E-state index in [0.717, 1.165) is 0 Å². The average Bonchev–Trinajstić information content (AvgIpc) is 2.40. The van der Waals surface area contributed by atoms with Gasteiger partial charge >= 0.3 is 5.97 Å². The van der Waals surface area contributed by atoms with Crippen molar-refractivity contribution in [1.82, 2.24) is 5.32 Å². The zero-order valence-electron chi connectivity index (χ0n) is 11.9. The molecule has 0 aliphatic rings. The molecule has 116 valence electrons. The van der Waals surface area contributed by atoms with Crippen molar-refractivity contribution in [3.8, 4) is 5.75 Å². The van der Waals surface area contributed by atoms with Crippen molar-refractivity contribution in [3.63, 3.8) is 0 Å². The number of carbonyl (C=O) groups is 2. The van der Waals surface area contributed by atoms with Gasteiger partial charge in [-0.15, -0.1) is 0 Å². The molecule has 0 saturated carbocycles. The molecule has 0 aliphatic carbocycles. The van der Waals surface area contributed by atoms with Crippen LogP contribution < -0.4 is 10.1 Å². The van der Waals surface area contributed by atoms with Crippen LogP contribution in [0.4, 0.5) is 4.39 Å². The molecule has 6 nitrogen and oxygen atoms in total. The van der Waals surface area contributed by atoms with E-state index in [4.69, 9.17) is 14.6 Å². The lowest BCUT2D eigenvalue weighted by Crippen LogP contribution is -2.47. The number of nitrogens with one attached hydrogen (secondary N) is 1. The molecule has 0 radical (unpaired) electrons. The van der Waals surface area contributed by atoms with Crippen LogP contribution in [-0.4, -0.2) is 42.3 Å². The van der Waals surface area contributed by atoms with Crippen LogP contribution in [-0.2, 0) is 14.3 Å². The number of hydrogen-bond donors (Lipinski definition) is 2. The van der Waals surface area contributed by atoms with E-state index in [9.17, 15) is 14.0 Å². The van der Waals surface area contributed by atoms with Gasteiger partial charge in [0.1, 0.15) is 18.2 Å². The fraction of sp³-hybridized carbons (Fsp3) is 0.429. The van der Waals surface area contributed by atoms with Gasteiger partial charge in [0.05, 0.1) is 6.61 Å². The lowest BCUT2D eigenvalue weighted by molar-refractivity contribution is -0.142. The van der Waals surface area contributed by atoms with E-state index in [1.54, 1.807) is 13.8 Å². The maximum atomic E-state index is 12.8. The largest absolute Gasteiger partial charge is 0.480 e. The zero-order chi connectivity index (χ0) is 15.9. The minimum absolute atomic E-state index is 0.0880. The van der Waals surface area contributed by atoms with Crippen LogP contribution in [0.3, 0.4) is 0 Å². The summed E-state index contributed by atoms with van der Waals surface area (Å²) in [6.45, 7) is 2.99. The topological polar surface area (TPSA) is 84.9 Å². The fourth-order valence-corrected chi connectivity index (χ4v) is 1.45. The highest BCUT2D eigenvalue weighted by Gasteiger charge is 2.29. The first kappa shape index (κ1) is 16.9. The molecular weight excluding hydrogens is 281 g/mol. The molecule has 0 fully saturated rings. The third-order valence-electron chi connectivity index (χ3n) is 2.49. The highest BCUT2D eigenvalue weighted by Crippen LogP contribution is 2.18. The summed E-state index contributed by atoms with van der Waals surface area (Å²) in [5, 5.41) is 10.9. The van der Waals surface area contributed by atoms with Gasteiger partial charge in [-0.1, -0.05) is 0 Å². The van der Waals surface area contributed by atoms with Crippen LogP contribution in [0.1, 0.15) is 13.8 Å². The molecule has 0 aliphatic heterocycles. The number of carbonyl (C=O) groups excluding carboxylic acids is 1. The average molecular weight is 299 g/mol. The van der Waals surface area contributed by atoms with Crippen LogP contribution >= 0.6 is 0 Å². The Kier molecular flexibility index (Phi) is 6.10. The Hall–Kier alpha value is -2.15. The Labute approximate surface area is 121 Å². The highest BCUT2D eigenvalue weighted by molar-refractivity contribution is 5.84. The molecule has 1 amide bonds. The Morgan fingerprint density at radius 1 is 1.29 bits per heavy atom. The van der Waals surface area contributed by atoms with E-state index >= 15 is 0 Å². The number of carboxylic acids is 1. The number of amides is 1. The molecule has 0 saturated heterocycles. The van der Waals surface area contributed by atoms with E-state index in [0.29, 0.717) is 5.75 Å². The number of carboxylic acid groups (broad SMARTS) is 1. The summed E-state index contributed by atoms with van der Waals surface area (Å²) < 4.78 is 23.1. The number of halogens is 1. The smallest absolute Gasteiger partial charge is 0.329 e. The van der Waals surface area contributed by atoms with Crippen LogP contribution in [0.25, 0.3) is 0 Å². The van der Waals surface area contributed by atoms with Crippen molar-refractivity contribution in [2.75, 3.05) is 19.8 Å². The van der Waals surface area contributed by atoms with Gasteiger partial charge in [0.15, 0.2) is 5.60 Å². The van der Waals surface area contributed by atoms with Crippen LogP contribution in [0, 0.1) is 5.82 Å². The van der Waals surface area contributed by atoms with Crippen molar-refractivity contribution < 1.29 is 28.6 Å². The second-order valence-corrected chi connectivity index (χ2v) is 4.77. The third-order valence-corrected chi connectivity index (χ3v) is 2.49. The van der Waals surface area contributed by atoms with Gasteiger partial charge in [0.2, 0.25) is 0 Å². The molecule has 0 spiro atoms. The first-order valence-corrected chi connectivity index (χ1v) is 6.33. The maximum absolute atomic E-state index is 12.8. The van der Waals surface area contributed by atoms with Crippen molar-refractivity contribution >= 4 is 11.9 Å². The van der Waals surface area contributed by atoms with E-state index in [1.807, 2.05) is 0 Å². The molecule has 1 aromatic rings. The first-order valence-electron chi connectivity index (χ1n) is 6.33. The second kappa shape index (κ2) is 7.58. The molecule has 0 atom stereocenters. The lowest BCUT2D eigenvalue weighted by atomic mass is 10.1. The van der Waals surface area contributed by atoms with Gasteiger partial charge in [-0.3, -0.25) is 4.79 Å². The second-order valence-electron chi connectivity index (χ2n) is 4.77. The lowest BCUT2D eigenvalue weighted by Gasteiger charge is -2.25. The molecule has 1 aromatic carbocycles. The van der Waals surface area contributed by atoms with Crippen LogP contribution in [0.5, 0.6) is 5.75 Å². The number of rotatable bonds is 8. The Morgan fingerprint density at radius 2 is 1.90 bits per heavy atom.